The fourth-order valence-corrected chi connectivity index (χ4v) is 3.57. The van der Waals surface area contributed by atoms with Crippen LogP contribution in [0.4, 0.5) is 0 Å². The van der Waals surface area contributed by atoms with Gasteiger partial charge in [0.05, 0.1) is 15.9 Å². The molecule has 1 N–H and O–H groups in total. The van der Waals surface area contributed by atoms with E-state index in [4.69, 9.17) is 0 Å². The Balaban J connectivity index is 2.73. The lowest BCUT2D eigenvalue weighted by Gasteiger charge is -2.21. The van der Waals surface area contributed by atoms with Crippen LogP contribution in [0, 0.1) is 17.8 Å². The molecule has 0 saturated carbocycles. The normalized spacial score (nSPS) is 13.4. The minimum Gasteiger partial charge on any atom is -0.316 e. The predicted octanol–water partition coefficient (Wildman–Crippen LogP) is 4.20. The van der Waals surface area contributed by atoms with Crippen LogP contribution in [0.1, 0.15) is 52.4 Å². The molecule has 1 aromatic rings. The molecule has 0 aliphatic rings. The lowest BCUT2D eigenvalue weighted by Crippen LogP contribution is -2.29. The van der Waals surface area contributed by atoms with Gasteiger partial charge in [0, 0.05) is 7.05 Å². The number of nitrogens with one attached hydrogen (secondary N) is 1. The van der Waals surface area contributed by atoms with Gasteiger partial charge in [-0.25, -0.2) is 0 Å². The number of hydrogen-bond donors (Lipinski definition) is 1. The first-order valence-corrected chi connectivity index (χ1v) is 9.05. The Morgan fingerprint density at radius 1 is 1.14 bits per heavy atom. The maximum atomic E-state index is 4.62. The first kappa shape index (κ1) is 18.7. The zero-order chi connectivity index (χ0) is 16.0. The van der Waals surface area contributed by atoms with Gasteiger partial charge in [0.15, 0.2) is 0 Å². The second-order valence-corrected chi connectivity index (χ2v) is 7.73. The molecule has 0 bridgehead atoms. The quantitative estimate of drug-likeness (QED) is 0.717. The zero-order valence-corrected chi connectivity index (χ0v) is 16.1. The molecule has 21 heavy (non-hydrogen) atoms. The lowest BCUT2D eigenvalue weighted by atomic mass is 9.92. The van der Waals surface area contributed by atoms with Crippen molar-refractivity contribution in [2.45, 2.75) is 53.9 Å². The van der Waals surface area contributed by atoms with Gasteiger partial charge in [-0.1, -0.05) is 34.6 Å². The minimum absolute atomic E-state index is 0.667. The van der Waals surface area contributed by atoms with E-state index in [1.807, 2.05) is 0 Å². The summed E-state index contributed by atoms with van der Waals surface area (Å²) in [4.78, 5) is 0. The Labute approximate surface area is 139 Å². The summed E-state index contributed by atoms with van der Waals surface area (Å²) in [5.74, 6) is 2.11. The van der Waals surface area contributed by atoms with E-state index in [2.05, 4.69) is 72.7 Å². The standard InChI is InChI=1S/C17H32BrN3/c1-7-15-17(18)16(21(6)20-15)9-14(8-12(2)3)11-19-10-13(4)5/h12-14,19H,7-11H2,1-6H3. The molecule has 3 nitrogen and oxygen atoms in total. The van der Waals surface area contributed by atoms with E-state index in [0.717, 1.165) is 31.8 Å². The Morgan fingerprint density at radius 2 is 1.81 bits per heavy atom. The van der Waals surface area contributed by atoms with Gasteiger partial charge in [0.25, 0.3) is 0 Å². The number of aryl methyl sites for hydroxylation is 2. The Hall–Kier alpha value is -0.350. The van der Waals surface area contributed by atoms with Crippen LogP contribution in [0.25, 0.3) is 0 Å². The Bertz CT molecular complexity index is 424. The highest BCUT2D eigenvalue weighted by Crippen LogP contribution is 2.26. The minimum atomic E-state index is 0.667. The van der Waals surface area contributed by atoms with Gasteiger partial charge < -0.3 is 5.32 Å². The molecule has 1 aromatic heterocycles. The molecule has 0 aliphatic heterocycles. The molecule has 4 heteroatoms. The molecule has 0 aromatic carbocycles. The number of hydrogen-bond acceptors (Lipinski definition) is 2. The molecule has 1 unspecified atom stereocenters. The predicted molar refractivity (Wildman–Crippen MR) is 94.6 cm³/mol. The topological polar surface area (TPSA) is 29.9 Å². The van der Waals surface area contributed by atoms with Gasteiger partial charge >= 0.3 is 0 Å². The summed E-state index contributed by atoms with van der Waals surface area (Å²) >= 11 is 3.74. The number of aromatic nitrogens is 2. The number of rotatable bonds is 9. The molecule has 1 atom stereocenters. The van der Waals surface area contributed by atoms with E-state index in [1.165, 1.54) is 22.3 Å². The SMILES string of the molecule is CCc1nn(C)c(CC(CNCC(C)C)CC(C)C)c1Br. The van der Waals surface area contributed by atoms with E-state index in [1.54, 1.807) is 0 Å². The van der Waals surface area contributed by atoms with Crippen LogP contribution in [-0.2, 0) is 19.9 Å². The molecule has 1 rings (SSSR count). The molecule has 0 amide bonds. The van der Waals surface area contributed by atoms with E-state index >= 15 is 0 Å². The maximum absolute atomic E-state index is 4.62. The van der Waals surface area contributed by atoms with E-state index in [-0.39, 0.29) is 0 Å². The van der Waals surface area contributed by atoms with Crippen molar-refractivity contribution in [2.75, 3.05) is 13.1 Å². The van der Waals surface area contributed by atoms with Crippen molar-refractivity contribution >= 4 is 15.9 Å². The van der Waals surface area contributed by atoms with Crippen LogP contribution in [0.2, 0.25) is 0 Å². The third-order valence-electron chi connectivity index (χ3n) is 3.78. The third-order valence-corrected chi connectivity index (χ3v) is 4.69. The smallest absolute Gasteiger partial charge is 0.0766 e. The summed E-state index contributed by atoms with van der Waals surface area (Å²) in [5.41, 5.74) is 2.51. The van der Waals surface area contributed by atoms with Gasteiger partial charge in [-0.2, -0.15) is 5.10 Å². The van der Waals surface area contributed by atoms with Gasteiger partial charge in [0.2, 0.25) is 0 Å². The molecule has 0 radical (unpaired) electrons. The summed E-state index contributed by atoms with van der Waals surface area (Å²) in [6, 6.07) is 0. The highest BCUT2D eigenvalue weighted by atomic mass is 79.9. The molecule has 0 fully saturated rings. The summed E-state index contributed by atoms with van der Waals surface area (Å²) in [6.07, 6.45) is 3.33. The molecular formula is C17H32BrN3. The largest absolute Gasteiger partial charge is 0.316 e. The van der Waals surface area contributed by atoms with Gasteiger partial charge in [-0.3, -0.25) is 4.68 Å². The van der Waals surface area contributed by atoms with Crippen molar-refractivity contribution in [2.24, 2.45) is 24.8 Å². The van der Waals surface area contributed by atoms with E-state index in [9.17, 15) is 0 Å². The number of halogens is 1. The monoisotopic (exact) mass is 357 g/mol. The highest BCUT2D eigenvalue weighted by molar-refractivity contribution is 9.10. The van der Waals surface area contributed by atoms with Gasteiger partial charge in [0.1, 0.15) is 0 Å². The number of nitrogens with zero attached hydrogens (tertiary/aromatic N) is 2. The van der Waals surface area contributed by atoms with Crippen molar-refractivity contribution in [3.63, 3.8) is 0 Å². The van der Waals surface area contributed by atoms with Gasteiger partial charge in [-0.05, 0) is 66.0 Å². The second kappa shape index (κ2) is 8.94. The summed E-state index contributed by atoms with van der Waals surface area (Å²) in [6.45, 7) is 13.5. The lowest BCUT2D eigenvalue weighted by molar-refractivity contribution is 0.369. The first-order valence-electron chi connectivity index (χ1n) is 8.26. The fraction of sp³-hybridized carbons (Fsp3) is 0.824. The average molecular weight is 358 g/mol. The van der Waals surface area contributed by atoms with Crippen molar-refractivity contribution < 1.29 is 0 Å². The third kappa shape index (κ3) is 6.11. The Morgan fingerprint density at radius 3 is 2.29 bits per heavy atom. The zero-order valence-electron chi connectivity index (χ0n) is 14.5. The van der Waals surface area contributed by atoms with Crippen LogP contribution in [0.5, 0.6) is 0 Å². The van der Waals surface area contributed by atoms with Crippen molar-refractivity contribution in [1.29, 1.82) is 0 Å². The molecule has 0 saturated heterocycles. The maximum Gasteiger partial charge on any atom is 0.0766 e. The van der Waals surface area contributed by atoms with Crippen LogP contribution >= 0.6 is 15.9 Å². The molecule has 0 spiro atoms. The summed E-state index contributed by atoms with van der Waals surface area (Å²) < 4.78 is 3.27. The van der Waals surface area contributed by atoms with Crippen molar-refractivity contribution in [1.82, 2.24) is 15.1 Å². The van der Waals surface area contributed by atoms with Crippen LogP contribution in [0.15, 0.2) is 4.47 Å². The summed E-state index contributed by atoms with van der Waals surface area (Å²) in [5, 5.41) is 8.24. The Kier molecular flexibility index (Phi) is 7.96. The molecule has 1 heterocycles. The van der Waals surface area contributed by atoms with E-state index in [0.29, 0.717) is 11.8 Å². The summed E-state index contributed by atoms with van der Waals surface area (Å²) in [7, 11) is 2.06. The second-order valence-electron chi connectivity index (χ2n) is 6.94. The average Bonchev–Trinajstić information content (AvgIpc) is 2.64. The highest BCUT2D eigenvalue weighted by Gasteiger charge is 2.18. The van der Waals surface area contributed by atoms with E-state index < -0.39 is 0 Å². The van der Waals surface area contributed by atoms with Crippen molar-refractivity contribution in [3.05, 3.63) is 15.9 Å². The first-order chi connectivity index (χ1) is 9.85. The van der Waals surface area contributed by atoms with Crippen LogP contribution in [-0.4, -0.2) is 22.9 Å². The van der Waals surface area contributed by atoms with Gasteiger partial charge in [-0.15, -0.1) is 0 Å². The molecule has 0 aliphatic carbocycles. The van der Waals surface area contributed by atoms with Crippen LogP contribution < -0.4 is 5.32 Å². The molecular weight excluding hydrogens is 326 g/mol. The van der Waals surface area contributed by atoms with Crippen molar-refractivity contribution in [3.8, 4) is 0 Å². The molecule has 122 valence electrons. The van der Waals surface area contributed by atoms with Crippen LogP contribution in [0.3, 0.4) is 0 Å². The fourth-order valence-electron chi connectivity index (χ4n) is 2.80.